The van der Waals surface area contributed by atoms with Crippen molar-refractivity contribution in [1.29, 1.82) is 0 Å². The van der Waals surface area contributed by atoms with Crippen LogP contribution in [0.25, 0.3) is 21.5 Å². The predicted molar refractivity (Wildman–Crippen MR) is 105 cm³/mol. The van der Waals surface area contributed by atoms with Crippen LogP contribution in [-0.4, -0.2) is 14.8 Å². The number of halogens is 2. The smallest absolute Gasteiger partial charge is 0.125 e. The first-order valence-corrected chi connectivity index (χ1v) is 9.60. The lowest BCUT2D eigenvalue weighted by molar-refractivity contribution is 0.620. The Balaban J connectivity index is 1.75. The lowest BCUT2D eigenvalue weighted by atomic mass is 10.1. The number of aryl methyl sites for hydroxylation is 2. The standard InChI is InChI=1S/C20H17ClFN3S/c1-3-19-12(2)23-20(26-19)16-5-4-6-18-17(16)11-25(24-18)10-13-7-14(21)9-15(22)8-13/h4-9,11H,3,10H2,1-2H3. The van der Waals surface area contributed by atoms with Crippen molar-refractivity contribution < 1.29 is 4.39 Å². The second-order valence-corrected chi connectivity index (χ2v) is 7.74. The highest BCUT2D eigenvalue weighted by Crippen LogP contribution is 2.33. The fourth-order valence-corrected chi connectivity index (χ4v) is 4.41. The van der Waals surface area contributed by atoms with Gasteiger partial charge in [-0.3, -0.25) is 4.68 Å². The Morgan fingerprint density at radius 1 is 1.23 bits per heavy atom. The van der Waals surface area contributed by atoms with Gasteiger partial charge in [0.2, 0.25) is 0 Å². The Kier molecular flexibility index (Phi) is 4.51. The SMILES string of the molecule is CCc1sc(-c2cccc3nn(Cc4cc(F)cc(Cl)c4)cc23)nc1C. The Morgan fingerprint density at radius 2 is 2.08 bits per heavy atom. The molecule has 2 aromatic carbocycles. The van der Waals surface area contributed by atoms with Crippen LogP contribution >= 0.6 is 22.9 Å². The van der Waals surface area contributed by atoms with E-state index in [1.807, 2.05) is 23.0 Å². The maximum atomic E-state index is 13.6. The normalized spacial score (nSPS) is 11.4. The quantitative estimate of drug-likeness (QED) is 0.439. The van der Waals surface area contributed by atoms with Crippen molar-refractivity contribution in [3.63, 3.8) is 0 Å². The fourth-order valence-electron chi connectivity index (χ4n) is 3.12. The van der Waals surface area contributed by atoms with Crippen molar-refractivity contribution >= 4 is 33.8 Å². The van der Waals surface area contributed by atoms with Gasteiger partial charge in [0.1, 0.15) is 10.8 Å². The zero-order valence-corrected chi connectivity index (χ0v) is 16.0. The van der Waals surface area contributed by atoms with E-state index < -0.39 is 0 Å². The van der Waals surface area contributed by atoms with Gasteiger partial charge in [0.05, 0.1) is 17.8 Å². The molecule has 0 bridgehead atoms. The molecule has 4 aromatic rings. The zero-order chi connectivity index (χ0) is 18.3. The van der Waals surface area contributed by atoms with Crippen molar-refractivity contribution in [2.75, 3.05) is 0 Å². The molecule has 0 atom stereocenters. The average Bonchev–Trinajstić information content (AvgIpc) is 3.16. The predicted octanol–water partition coefficient (Wildman–Crippen LogP) is 5.87. The van der Waals surface area contributed by atoms with Gasteiger partial charge in [-0.15, -0.1) is 11.3 Å². The van der Waals surface area contributed by atoms with Crippen LogP contribution in [-0.2, 0) is 13.0 Å². The molecule has 0 saturated carbocycles. The largest absolute Gasteiger partial charge is 0.267 e. The molecule has 0 amide bonds. The number of rotatable bonds is 4. The van der Waals surface area contributed by atoms with Gasteiger partial charge in [0.25, 0.3) is 0 Å². The van der Waals surface area contributed by atoms with Crippen molar-refractivity contribution in [3.8, 4) is 10.6 Å². The molecule has 4 rings (SSSR count). The highest BCUT2D eigenvalue weighted by Gasteiger charge is 2.13. The van der Waals surface area contributed by atoms with E-state index >= 15 is 0 Å². The molecule has 0 spiro atoms. The molecule has 0 N–H and O–H groups in total. The number of fused-ring (bicyclic) bond motifs is 1. The molecule has 0 aliphatic rings. The topological polar surface area (TPSA) is 30.7 Å². The maximum absolute atomic E-state index is 13.6. The van der Waals surface area contributed by atoms with Gasteiger partial charge in [-0.2, -0.15) is 5.10 Å². The van der Waals surface area contributed by atoms with E-state index in [9.17, 15) is 4.39 Å². The van der Waals surface area contributed by atoms with Crippen LogP contribution in [0.3, 0.4) is 0 Å². The van der Waals surface area contributed by atoms with Crippen molar-refractivity contribution in [1.82, 2.24) is 14.8 Å². The minimum absolute atomic E-state index is 0.338. The summed E-state index contributed by atoms with van der Waals surface area (Å²) in [5.41, 5.74) is 3.85. The van der Waals surface area contributed by atoms with Crippen LogP contribution in [0.1, 0.15) is 23.1 Å². The summed E-state index contributed by atoms with van der Waals surface area (Å²) < 4.78 is 15.4. The highest BCUT2D eigenvalue weighted by atomic mass is 35.5. The zero-order valence-electron chi connectivity index (χ0n) is 14.5. The van der Waals surface area contributed by atoms with Crippen LogP contribution in [0.5, 0.6) is 0 Å². The molecule has 6 heteroatoms. The average molecular weight is 386 g/mol. The van der Waals surface area contributed by atoms with Gasteiger partial charge < -0.3 is 0 Å². The molecule has 132 valence electrons. The Labute approximate surface area is 160 Å². The summed E-state index contributed by atoms with van der Waals surface area (Å²) in [7, 11) is 0. The minimum Gasteiger partial charge on any atom is -0.267 e. The monoisotopic (exact) mass is 385 g/mol. The molecule has 0 unspecified atom stereocenters. The third kappa shape index (κ3) is 3.24. The van der Waals surface area contributed by atoms with Crippen LogP contribution in [0.15, 0.2) is 42.6 Å². The van der Waals surface area contributed by atoms with Crippen LogP contribution in [0.2, 0.25) is 5.02 Å². The highest BCUT2D eigenvalue weighted by molar-refractivity contribution is 7.15. The second-order valence-electron chi connectivity index (χ2n) is 6.22. The van der Waals surface area contributed by atoms with Gasteiger partial charge in [0, 0.05) is 27.0 Å². The first-order chi connectivity index (χ1) is 12.5. The van der Waals surface area contributed by atoms with Crippen molar-refractivity contribution in [3.05, 3.63) is 69.6 Å². The summed E-state index contributed by atoms with van der Waals surface area (Å²) in [6.45, 7) is 4.66. The third-order valence-electron chi connectivity index (χ3n) is 4.31. The molecule has 2 aromatic heterocycles. The molecule has 3 nitrogen and oxygen atoms in total. The van der Waals surface area contributed by atoms with E-state index in [0.29, 0.717) is 11.6 Å². The first kappa shape index (κ1) is 17.2. The van der Waals surface area contributed by atoms with Gasteiger partial charge >= 0.3 is 0 Å². The first-order valence-electron chi connectivity index (χ1n) is 8.41. The molecule has 0 saturated heterocycles. The summed E-state index contributed by atoms with van der Waals surface area (Å²) in [6, 6.07) is 10.6. The summed E-state index contributed by atoms with van der Waals surface area (Å²) in [5.74, 6) is -0.338. The molecule has 0 fully saturated rings. The van der Waals surface area contributed by atoms with E-state index in [2.05, 4.69) is 25.0 Å². The fraction of sp³-hybridized carbons (Fsp3) is 0.200. The van der Waals surface area contributed by atoms with Crippen LogP contribution < -0.4 is 0 Å². The molecule has 0 aliphatic carbocycles. The molecular formula is C20H17ClFN3S. The Morgan fingerprint density at radius 3 is 2.81 bits per heavy atom. The summed E-state index contributed by atoms with van der Waals surface area (Å²) in [4.78, 5) is 6.04. The van der Waals surface area contributed by atoms with Gasteiger partial charge in [-0.05, 0) is 43.2 Å². The Hall–Kier alpha value is -2.24. The van der Waals surface area contributed by atoms with E-state index in [4.69, 9.17) is 16.6 Å². The molecule has 26 heavy (non-hydrogen) atoms. The number of hydrogen-bond donors (Lipinski definition) is 0. The van der Waals surface area contributed by atoms with E-state index in [1.165, 1.54) is 17.0 Å². The van der Waals surface area contributed by atoms with Gasteiger partial charge in [-0.25, -0.2) is 9.37 Å². The molecule has 0 radical (unpaired) electrons. The lowest BCUT2D eigenvalue weighted by Crippen LogP contribution is -2.00. The van der Waals surface area contributed by atoms with Crippen molar-refractivity contribution in [2.45, 2.75) is 26.8 Å². The summed E-state index contributed by atoms with van der Waals surface area (Å²) >= 11 is 7.68. The molecule has 0 aliphatic heterocycles. The number of benzene rings is 2. The maximum Gasteiger partial charge on any atom is 0.125 e. The second kappa shape index (κ2) is 6.82. The number of hydrogen-bond acceptors (Lipinski definition) is 3. The number of nitrogens with zero attached hydrogens (tertiary/aromatic N) is 3. The Bertz CT molecular complexity index is 1080. The van der Waals surface area contributed by atoms with Crippen molar-refractivity contribution in [2.24, 2.45) is 0 Å². The van der Waals surface area contributed by atoms with Crippen LogP contribution in [0.4, 0.5) is 4.39 Å². The molecular weight excluding hydrogens is 369 g/mol. The number of aromatic nitrogens is 3. The van der Waals surface area contributed by atoms with E-state index in [-0.39, 0.29) is 5.82 Å². The van der Waals surface area contributed by atoms with Gasteiger partial charge in [-0.1, -0.05) is 30.7 Å². The van der Waals surface area contributed by atoms with Crippen LogP contribution in [0, 0.1) is 12.7 Å². The minimum atomic E-state index is -0.338. The lowest BCUT2D eigenvalue weighted by Gasteiger charge is -2.02. The summed E-state index contributed by atoms with van der Waals surface area (Å²) in [6.07, 6.45) is 2.98. The van der Waals surface area contributed by atoms with E-state index in [1.54, 1.807) is 17.4 Å². The van der Waals surface area contributed by atoms with E-state index in [0.717, 1.165) is 39.2 Å². The number of thiazole rings is 1. The summed E-state index contributed by atoms with van der Waals surface area (Å²) in [5, 5.41) is 7.08. The molecule has 2 heterocycles. The third-order valence-corrected chi connectivity index (χ3v) is 5.86. The van der Waals surface area contributed by atoms with Gasteiger partial charge in [0.15, 0.2) is 0 Å².